The molecule has 6 nitrogen and oxygen atoms in total. The zero-order valence-electron chi connectivity index (χ0n) is 11.4. The predicted molar refractivity (Wildman–Crippen MR) is 79.0 cm³/mol. The van der Waals surface area contributed by atoms with E-state index in [9.17, 15) is 14.7 Å². The van der Waals surface area contributed by atoms with Gasteiger partial charge in [0.1, 0.15) is 0 Å². The summed E-state index contributed by atoms with van der Waals surface area (Å²) in [4.78, 5) is 25.2. The summed E-state index contributed by atoms with van der Waals surface area (Å²) in [5.41, 5.74) is 6.61. The number of hydrogen-bond donors (Lipinski definition) is 4. The summed E-state index contributed by atoms with van der Waals surface area (Å²) in [6, 6.07) is 11.8. The Kier molecular flexibility index (Phi) is 4.73. The Balaban J connectivity index is 1.88. The lowest BCUT2D eigenvalue weighted by atomic mass is 10.1. The fourth-order valence-electron chi connectivity index (χ4n) is 1.97. The lowest BCUT2D eigenvalue weighted by molar-refractivity contribution is 0.0952. The number of pyridine rings is 1. The molecule has 1 aromatic heterocycles. The molecular weight excluding hydrogens is 270 g/mol. The Labute approximate surface area is 121 Å². The molecule has 0 saturated heterocycles. The Bertz CT molecular complexity index is 667. The van der Waals surface area contributed by atoms with E-state index < -0.39 is 11.5 Å². The van der Waals surface area contributed by atoms with Gasteiger partial charge >= 0.3 is 0 Å². The van der Waals surface area contributed by atoms with Crippen LogP contribution in [0.1, 0.15) is 28.4 Å². The third-order valence-corrected chi connectivity index (χ3v) is 3.06. The quantitative estimate of drug-likeness (QED) is 0.655. The first-order valence-corrected chi connectivity index (χ1v) is 6.58. The molecular formula is C15H17N3O3. The van der Waals surface area contributed by atoms with Crippen molar-refractivity contribution in [1.82, 2.24) is 10.3 Å². The number of aromatic nitrogens is 1. The molecule has 0 bridgehead atoms. The van der Waals surface area contributed by atoms with Crippen LogP contribution >= 0.6 is 0 Å². The first kappa shape index (κ1) is 14.8. The van der Waals surface area contributed by atoms with Gasteiger partial charge in [0.2, 0.25) is 0 Å². The molecule has 1 heterocycles. The van der Waals surface area contributed by atoms with E-state index in [4.69, 9.17) is 5.73 Å². The number of rotatable bonds is 5. The minimum absolute atomic E-state index is 0.115. The molecule has 1 atom stereocenters. The van der Waals surface area contributed by atoms with Gasteiger partial charge in [-0.05, 0) is 12.0 Å². The average Bonchev–Trinajstić information content (AvgIpc) is 2.47. The van der Waals surface area contributed by atoms with E-state index >= 15 is 0 Å². The number of H-pyrrole nitrogens is 1. The maximum atomic E-state index is 11.9. The lowest BCUT2D eigenvalue weighted by Crippen LogP contribution is -2.28. The van der Waals surface area contributed by atoms with Crippen molar-refractivity contribution in [2.75, 3.05) is 6.54 Å². The molecule has 0 spiro atoms. The number of amides is 1. The van der Waals surface area contributed by atoms with Crippen molar-refractivity contribution < 1.29 is 9.90 Å². The van der Waals surface area contributed by atoms with Crippen LogP contribution < -0.4 is 16.6 Å². The Morgan fingerprint density at radius 3 is 2.67 bits per heavy atom. The van der Waals surface area contributed by atoms with E-state index in [0.29, 0.717) is 13.0 Å². The topological polar surface area (TPSA) is 108 Å². The van der Waals surface area contributed by atoms with Gasteiger partial charge in [-0.25, -0.2) is 0 Å². The summed E-state index contributed by atoms with van der Waals surface area (Å²) in [7, 11) is 0. The Morgan fingerprint density at radius 2 is 2.00 bits per heavy atom. The van der Waals surface area contributed by atoms with Crippen LogP contribution in [0.5, 0.6) is 5.88 Å². The van der Waals surface area contributed by atoms with Crippen LogP contribution in [0.2, 0.25) is 0 Å². The largest absolute Gasteiger partial charge is 0.494 e. The molecule has 1 amide bonds. The fraction of sp³-hybridized carbons (Fsp3) is 0.200. The van der Waals surface area contributed by atoms with Gasteiger partial charge in [0, 0.05) is 24.7 Å². The summed E-state index contributed by atoms with van der Waals surface area (Å²) in [5, 5.41) is 11.9. The molecule has 0 aliphatic heterocycles. The molecule has 1 unspecified atom stereocenters. The molecule has 2 rings (SSSR count). The lowest BCUT2D eigenvalue weighted by Gasteiger charge is -2.12. The second kappa shape index (κ2) is 6.71. The van der Waals surface area contributed by atoms with Crippen molar-refractivity contribution in [2.24, 2.45) is 5.73 Å². The van der Waals surface area contributed by atoms with Crippen LogP contribution in [0, 0.1) is 0 Å². The zero-order chi connectivity index (χ0) is 15.2. The molecule has 6 heteroatoms. The molecule has 110 valence electrons. The van der Waals surface area contributed by atoms with Crippen LogP contribution in [-0.4, -0.2) is 22.5 Å². The maximum Gasteiger partial charge on any atom is 0.251 e. The molecule has 0 aliphatic rings. The standard InChI is InChI=1S/C15H17N3O3/c16-12(10-4-2-1-3-5-10)6-7-17-15(21)11-8-13(19)18-14(20)9-11/h1-5,8-9,12H,6-7,16H2,(H,17,21)(H2,18,19,20). The molecule has 21 heavy (non-hydrogen) atoms. The fourth-order valence-corrected chi connectivity index (χ4v) is 1.97. The van der Waals surface area contributed by atoms with Crippen LogP contribution in [0.4, 0.5) is 0 Å². The van der Waals surface area contributed by atoms with Gasteiger partial charge in [-0.3, -0.25) is 14.6 Å². The van der Waals surface area contributed by atoms with E-state index in [0.717, 1.165) is 11.6 Å². The van der Waals surface area contributed by atoms with Crippen LogP contribution in [0.15, 0.2) is 47.3 Å². The van der Waals surface area contributed by atoms with Gasteiger partial charge in [-0.2, -0.15) is 0 Å². The summed E-state index contributed by atoms with van der Waals surface area (Å²) in [5.74, 6) is -0.759. The van der Waals surface area contributed by atoms with Crippen molar-refractivity contribution >= 4 is 5.91 Å². The minimum atomic E-state index is -0.527. The minimum Gasteiger partial charge on any atom is -0.494 e. The van der Waals surface area contributed by atoms with E-state index in [-0.39, 0.29) is 17.5 Å². The summed E-state index contributed by atoms with van der Waals surface area (Å²) in [6.07, 6.45) is 0.574. The van der Waals surface area contributed by atoms with Crippen molar-refractivity contribution in [2.45, 2.75) is 12.5 Å². The van der Waals surface area contributed by atoms with Crippen LogP contribution in [0.3, 0.4) is 0 Å². The first-order chi connectivity index (χ1) is 10.1. The van der Waals surface area contributed by atoms with Crippen molar-refractivity contribution in [3.05, 3.63) is 63.9 Å². The number of benzene rings is 1. The first-order valence-electron chi connectivity index (χ1n) is 6.58. The number of carbonyl (C=O) groups is 1. The van der Waals surface area contributed by atoms with Gasteiger partial charge in [0.25, 0.3) is 11.5 Å². The summed E-state index contributed by atoms with van der Waals surface area (Å²) < 4.78 is 0. The number of aromatic amines is 1. The molecule has 1 aromatic carbocycles. The highest BCUT2D eigenvalue weighted by Crippen LogP contribution is 2.12. The van der Waals surface area contributed by atoms with E-state index in [1.165, 1.54) is 6.07 Å². The Hall–Kier alpha value is -2.60. The van der Waals surface area contributed by atoms with Crippen molar-refractivity contribution in [1.29, 1.82) is 0 Å². The monoisotopic (exact) mass is 287 g/mol. The number of aromatic hydroxyl groups is 1. The predicted octanol–water partition coefficient (Wildman–Crippen LogP) is 0.900. The SMILES string of the molecule is NC(CCNC(=O)c1cc(O)[nH]c(=O)c1)c1ccccc1. The van der Waals surface area contributed by atoms with Crippen molar-refractivity contribution in [3.8, 4) is 5.88 Å². The van der Waals surface area contributed by atoms with Gasteiger partial charge in [0.15, 0.2) is 5.88 Å². The number of hydrogen-bond acceptors (Lipinski definition) is 4. The number of nitrogens with two attached hydrogens (primary N) is 1. The van der Waals surface area contributed by atoms with Crippen molar-refractivity contribution in [3.63, 3.8) is 0 Å². The van der Waals surface area contributed by atoms with E-state index in [1.807, 2.05) is 30.3 Å². The highest BCUT2D eigenvalue weighted by Gasteiger charge is 2.09. The molecule has 2 aromatic rings. The molecule has 0 fully saturated rings. The highest BCUT2D eigenvalue weighted by atomic mass is 16.3. The number of nitrogens with one attached hydrogen (secondary N) is 2. The zero-order valence-corrected chi connectivity index (χ0v) is 11.4. The van der Waals surface area contributed by atoms with E-state index in [2.05, 4.69) is 10.3 Å². The second-order valence-electron chi connectivity index (χ2n) is 4.68. The van der Waals surface area contributed by atoms with Crippen LogP contribution in [0.25, 0.3) is 0 Å². The van der Waals surface area contributed by atoms with Gasteiger partial charge in [0.05, 0.1) is 5.56 Å². The summed E-state index contributed by atoms with van der Waals surface area (Å²) in [6.45, 7) is 0.377. The number of carbonyl (C=O) groups excluding carboxylic acids is 1. The van der Waals surface area contributed by atoms with Gasteiger partial charge < -0.3 is 16.2 Å². The Morgan fingerprint density at radius 1 is 1.29 bits per heavy atom. The average molecular weight is 287 g/mol. The van der Waals surface area contributed by atoms with E-state index in [1.54, 1.807) is 0 Å². The molecule has 0 aliphatic carbocycles. The molecule has 0 saturated carbocycles. The smallest absolute Gasteiger partial charge is 0.251 e. The maximum absolute atomic E-state index is 11.9. The van der Waals surface area contributed by atoms with Crippen LogP contribution in [-0.2, 0) is 0 Å². The third kappa shape index (κ3) is 4.19. The third-order valence-electron chi connectivity index (χ3n) is 3.06. The van der Waals surface area contributed by atoms with Gasteiger partial charge in [-0.15, -0.1) is 0 Å². The summed E-state index contributed by atoms with van der Waals surface area (Å²) >= 11 is 0. The van der Waals surface area contributed by atoms with Gasteiger partial charge in [-0.1, -0.05) is 30.3 Å². The molecule has 0 radical (unpaired) electrons. The second-order valence-corrected chi connectivity index (χ2v) is 4.68. The molecule has 5 N–H and O–H groups in total. The normalized spacial score (nSPS) is 11.9. The highest BCUT2D eigenvalue weighted by molar-refractivity contribution is 5.94.